The molecule has 3 nitrogen and oxygen atoms in total. The van der Waals surface area contributed by atoms with E-state index in [2.05, 4.69) is 18.0 Å². The SMILES string of the molecule is CCCCOc1ccc(CC#N)nc1. The van der Waals surface area contributed by atoms with Gasteiger partial charge in [-0.15, -0.1) is 0 Å². The maximum Gasteiger partial charge on any atom is 0.137 e. The maximum absolute atomic E-state index is 8.44. The van der Waals surface area contributed by atoms with E-state index in [0.717, 1.165) is 30.9 Å². The maximum atomic E-state index is 8.44. The zero-order chi connectivity index (χ0) is 10.2. The van der Waals surface area contributed by atoms with Crippen LogP contribution in [-0.2, 0) is 6.42 Å². The summed E-state index contributed by atoms with van der Waals surface area (Å²) in [5, 5.41) is 8.44. The summed E-state index contributed by atoms with van der Waals surface area (Å²) in [4.78, 5) is 4.10. The molecule has 1 aromatic rings. The van der Waals surface area contributed by atoms with Crippen molar-refractivity contribution in [3.63, 3.8) is 0 Å². The Kier molecular flexibility index (Phi) is 4.49. The molecule has 1 heterocycles. The number of hydrogen-bond donors (Lipinski definition) is 0. The summed E-state index contributed by atoms with van der Waals surface area (Å²) >= 11 is 0. The predicted molar refractivity (Wildman–Crippen MR) is 54.0 cm³/mol. The van der Waals surface area contributed by atoms with Gasteiger partial charge in [0, 0.05) is 0 Å². The highest BCUT2D eigenvalue weighted by molar-refractivity contribution is 5.21. The van der Waals surface area contributed by atoms with Crippen molar-refractivity contribution in [2.45, 2.75) is 26.2 Å². The number of nitriles is 1. The summed E-state index contributed by atoms with van der Waals surface area (Å²) in [7, 11) is 0. The average molecular weight is 190 g/mol. The molecule has 74 valence electrons. The number of pyridine rings is 1. The van der Waals surface area contributed by atoms with Gasteiger partial charge >= 0.3 is 0 Å². The molecule has 0 radical (unpaired) electrons. The van der Waals surface area contributed by atoms with Crippen LogP contribution in [0.15, 0.2) is 18.3 Å². The first-order valence-corrected chi connectivity index (χ1v) is 4.81. The lowest BCUT2D eigenvalue weighted by Crippen LogP contribution is -1.97. The first-order valence-electron chi connectivity index (χ1n) is 4.81. The Balaban J connectivity index is 2.43. The minimum atomic E-state index is 0.356. The zero-order valence-electron chi connectivity index (χ0n) is 8.36. The van der Waals surface area contributed by atoms with E-state index in [4.69, 9.17) is 10.00 Å². The highest BCUT2D eigenvalue weighted by Gasteiger charge is 1.95. The quantitative estimate of drug-likeness (QED) is 0.669. The second kappa shape index (κ2) is 5.98. The normalized spacial score (nSPS) is 9.43. The molecule has 0 N–H and O–H groups in total. The molecule has 0 saturated carbocycles. The van der Waals surface area contributed by atoms with E-state index in [1.54, 1.807) is 6.20 Å². The number of unbranched alkanes of at least 4 members (excludes halogenated alkanes) is 1. The van der Waals surface area contributed by atoms with Crippen molar-refractivity contribution < 1.29 is 4.74 Å². The molecular formula is C11H14N2O. The number of hydrogen-bond acceptors (Lipinski definition) is 3. The van der Waals surface area contributed by atoms with Crippen LogP contribution < -0.4 is 4.74 Å². The van der Waals surface area contributed by atoms with Crippen molar-refractivity contribution in [1.82, 2.24) is 4.98 Å². The van der Waals surface area contributed by atoms with Gasteiger partial charge in [0.25, 0.3) is 0 Å². The topological polar surface area (TPSA) is 45.9 Å². The Morgan fingerprint density at radius 3 is 2.93 bits per heavy atom. The molecule has 0 spiro atoms. The summed E-state index contributed by atoms with van der Waals surface area (Å²) in [6.45, 7) is 2.85. The van der Waals surface area contributed by atoms with Crippen molar-refractivity contribution in [3.8, 4) is 11.8 Å². The van der Waals surface area contributed by atoms with Gasteiger partial charge in [-0.05, 0) is 18.6 Å². The lowest BCUT2D eigenvalue weighted by atomic mass is 10.3. The van der Waals surface area contributed by atoms with Gasteiger partial charge in [-0.2, -0.15) is 5.26 Å². The first-order chi connectivity index (χ1) is 6.86. The molecule has 1 rings (SSSR count). The Bertz CT molecular complexity index is 300. The molecule has 0 aliphatic heterocycles. The number of nitrogens with zero attached hydrogens (tertiary/aromatic N) is 2. The molecule has 1 aromatic heterocycles. The van der Waals surface area contributed by atoms with Crippen LogP contribution in [0, 0.1) is 11.3 Å². The standard InChI is InChI=1S/C11H14N2O/c1-2-3-8-14-11-5-4-10(6-7-12)13-9-11/h4-5,9H,2-3,6,8H2,1H3. The second-order valence-corrected chi connectivity index (χ2v) is 3.02. The Morgan fingerprint density at radius 2 is 2.36 bits per heavy atom. The molecule has 0 aliphatic rings. The van der Waals surface area contributed by atoms with Gasteiger partial charge in [-0.25, -0.2) is 0 Å². The van der Waals surface area contributed by atoms with Crippen LogP contribution >= 0.6 is 0 Å². The summed E-state index contributed by atoms with van der Waals surface area (Å²) in [6, 6.07) is 5.73. The molecule has 0 bridgehead atoms. The van der Waals surface area contributed by atoms with Crippen molar-refractivity contribution >= 4 is 0 Å². The fourth-order valence-corrected chi connectivity index (χ4v) is 1.02. The molecular weight excluding hydrogens is 176 g/mol. The van der Waals surface area contributed by atoms with E-state index in [1.165, 1.54) is 0 Å². The van der Waals surface area contributed by atoms with Gasteiger partial charge < -0.3 is 4.74 Å². The van der Waals surface area contributed by atoms with Gasteiger partial charge in [-0.1, -0.05) is 13.3 Å². The van der Waals surface area contributed by atoms with Crippen LogP contribution in [0.3, 0.4) is 0 Å². The third kappa shape index (κ3) is 3.44. The number of aromatic nitrogens is 1. The molecule has 0 unspecified atom stereocenters. The van der Waals surface area contributed by atoms with Crippen LogP contribution in [-0.4, -0.2) is 11.6 Å². The molecule has 0 aromatic carbocycles. The van der Waals surface area contributed by atoms with Crippen LogP contribution in [0.25, 0.3) is 0 Å². The van der Waals surface area contributed by atoms with E-state index in [1.807, 2.05) is 12.1 Å². The van der Waals surface area contributed by atoms with Gasteiger partial charge in [0.15, 0.2) is 0 Å². The van der Waals surface area contributed by atoms with Gasteiger partial charge in [0.2, 0.25) is 0 Å². The summed E-state index contributed by atoms with van der Waals surface area (Å²) < 4.78 is 5.43. The van der Waals surface area contributed by atoms with Crippen LogP contribution in [0.4, 0.5) is 0 Å². The Hall–Kier alpha value is -1.56. The lowest BCUT2D eigenvalue weighted by molar-refractivity contribution is 0.308. The van der Waals surface area contributed by atoms with Gasteiger partial charge in [-0.3, -0.25) is 4.98 Å². The largest absolute Gasteiger partial charge is 0.492 e. The van der Waals surface area contributed by atoms with Crippen molar-refractivity contribution in [1.29, 1.82) is 5.26 Å². The second-order valence-electron chi connectivity index (χ2n) is 3.02. The number of rotatable bonds is 5. The fraction of sp³-hybridized carbons (Fsp3) is 0.455. The molecule has 0 aliphatic carbocycles. The van der Waals surface area contributed by atoms with Crippen LogP contribution in [0.2, 0.25) is 0 Å². The third-order valence-corrected chi connectivity index (χ3v) is 1.82. The van der Waals surface area contributed by atoms with E-state index in [0.29, 0.717) is 6.42 Å². The molecule has 0 fully saturated rings. The molecule has 0 saturated heterocycles. The first kappa shape index (κ1) is 10.5. The van der Waals surface area contributed by atoms with E-state index in [-0.39, 0.29) is 0 Å². The Morgan fingerprint density at radius 1 is 1.50 bits per heavy atom. The van der Waals surface area contributed by atoms with Crippen LogP contribution in [0.1, 0.15) is 25.5 Å². The summed E-state index contributed by atoms with van der Waals surface area (Å²) in [5.41, 5.74) is 0.787. The van der Waals surface area contributed by atoms with Crippen molar-refractivity contribution in [3.05, 3.63) is 24.0 Å². The third-order valence-electron chi connectivity index (χ3n) is 1.82. The molecule has 3 heteroatoms. The van der Waals surface area contributed by atoms with E-state index in [9.17, 15) is 0 Å². The predicted octanol–water partition coefficient (Wildman–Crippen LogP) is 2.33. The smallest absolute Gasteiger partial charge is 0.137 e. The highest BCUT2D eigenvalue weighted by Crippen LogP contribution is 2.09. The zero-order valence-corrected chi connectivity index (χ0v) is 8.36. The van der Waals surface area contributed by atoms with E-state index >= 15 is 0 Å². The molecule has 0 amide bonds. The number of ether oxygens (including phenoxy) is 1. The van der Waals surface area contributed by atoms with Gasteiger partial charge in [0.05, 0.1) is 31.0 Å². The summed E-state index contributed by atoms with van der Waals surface area (Å²) in [6.07, 6.45) is 4.21. The Labute approximate surface area is 84.3 Å². The molecule has 14 heavy (non-hydrogen) atoms. The van der Waals surface area contributed by atoms with Crippen molar-refractivity contribution in [2.24, 2.45) is 0 Å². The summed E-state index contributed by atoms with van der Waals surface area (Å²) in [5.74, 6) is 0.778. The monoisotopic (exact) mass is 190 g/mol. The minimum absolute atomic E-state index is 0.356. The average Bonchev–Trinajstić information content (AvgIpc) is 2.21. The fourth-order valence-electron chi connectivity index (χ4n) is 1.02. The van der Waals surface area contributed by atoms with Gasteiger partial charge in [0.1, 0.15) is 5.75 Å². The van der Waals surface area contributed by atoms with E-state index < -0.39 is 0 Å². The molecule has 0 atom stereocenters. The lowest BCUT2D eigenvalue weighted by Gasteiger charge is -2.04. The van der Waals surface area contributed by atoms with Crippen LogP contribution in [0.5, 0.6) is 5.75 Å². The minimum Gasteiger partial charge on any atom is -0.492 e. The highest BCUT2D eigenvalue weighted by atomic mass is 16.5. The van der Waals surface area contributed by atoms with Crippen molar-refractivity contribution in [2.75, 3.05) is 6.61 Å².